The average Bonchev–Trinajstić information content (AvgIpc) is 2.65. The molecule has 0 spiro atoms. The van der Waals surface area contributed by atoms with Crippen LogP contribution < -0.4 is 16.2 Å². The third kappa shape index (κ3) is 2.36. The van der Waals surface area contributed by atoms with Crippen LogP contribution in [0.25, 0.3) is 0 Å². The van der Waals surface area contributed by atoms with Crippen LogP contribution in [0.1, 0.15) is 31.8 Å². The van der Waals surface area contributed by atoms with E-state index in [0.29, 0.717) is 5.75 Å². The van der Waals surface area contributed by atoms with Crippen LogP contribution in [0.2, 0.25) is 0 Å². The predicted molar refractivity (Wildman–Crippen MR) is 98.4 cm³/mol. The molecule has 3 aromatic rings. The van der Waals surface area contributed by atoms with Crippen molar-refractivity contribution in [2.45, 2.75) is 0 Å². The summed E-state index contributed by atoms with van der Waals surface area (Å²) >= 11 is 0. The Morgan fingerprint density at radius 3 is 2.07 bits per heavy atom. The van der Waals surface area contributed by atoms with E-state index in [4.69, 9.17) is 16.2 Å². The van der Waals surface area contributed by atoms with Crippen LogP contribution >= 0.6 is 0 Å². The molecule has 4 rings (SSSR count). The quantitative estimate of drug-likeness (QED) is 0.318. The Hall–Kier alpha value is -4.00. The summed E-state index contributed by atoms with van der Waals surface area (Å²) in [7, 11) is 0. The minimum atomic E-state index is -0.712. The van der Waals surface area contributed by atoms with E-state index in [2.05, 4.69) is 0 Å². The number of nitrogens with two attached hydrogens (primary N) is 2. The lowest BCUT2D eigenvalue weighted by molar-refractivity contribution is 0.0975. The van der Waals surface area contributed by atoms with Gasteiger partial charge in [0.2, 0.25) is 11.6 Å². The minimum Gasteiger partial charge on any atom is -0.507 e. The highest BCUT2D eigenvalue weighted by Gasteiger charge is 2.38. The molecule has 1 aliphatic rings. The van der Waals surface area contributed by atoms with E-state index in [0.717, 1.165) is 0 Å². The highest BCUT2D eigenvalue weighted by Crippen LogP contribution is 2.45. The number of carbonyl (C=O) groups is 2. The summed E-state index contributed by atoms with van der Waals surface area (Å²) in [6.45, 7) is 0. The molecule has 0 fully saturated rings. The van der Waals surface area contributed by atoms with Gasteiger partial charge in [-0.15, -0.1) is 0 Å². The Balaban J connectivity index is 1.94. The summed E-state index contributed by atoms with van der Waals surface area (Å²) in [4.78, 5) is 25.9. The van der Waals surface area contributed by atoms with Gasteiger partial charge in [0.25, 0.3) is 0 Å². The molecule has 0 radical (unpaired) electrons. The van der Waals surface area contributed by atoms with Crippen LogP contribution in [0.3, 0.4) is 0 Å². The van der Waals surface area contributed by atoms with Crippen LogP contribution in [-0.2, 0) is 0 Å². The predicted octanol–water partition coefficient (Wildman–Crippen LogP) is 2.83. The molecular formula is C20H14N2O5. The molecule has 0 amide bonds. The Bertz CT molecular complexity index is 1120. The fourth-order valence-electron chi connectivity index (χ4n) is 3.16. The fraction of sp³-hybridized carbons (Fsp3) is 0. The number of benzene rings is 3. The second-order valence-corrected chi connectivity index (χ2v) is 6.05. The van der Waals surface area contributed by atoms with Crippen LogP contribution in [0.5, 0.6) is 23.0 Å². The van der Waals surface area contributed by atoms with Gasteiger partial charge in [-0.3, -0.25) is 9.59 Å². The van der Waals surface area contributed by atoms with Gasteiger partial charge in [0.05, 0.1) is 27.9 Å². The number of phenolic OH excluding ortho intramolecular Hbond substituents is 2. The molecule has 134 valence electrons. The summed E-state index contributed by atoms with van der Waals surface area (Å²) in [6, 6.07) is 12.4. The summed E-state index contributed by atoms with van der Waals surface area (Å²) in [5, 5.41) is 20.5. The van der Waals surface area contributed by atoms with Gasteiger partial charge in [-0.05, 0) is 24.3 Å². The molecule has 27 heavy (non-hydrogen) atoms. The van der Waals surface area contributed by atoms with Crippen molar-refractivity contribution in [2.75, 3.05) is 11.5 Å². The highest BCUT2D eigenvalue weighted by molar-refractivity contribution is 6.33. The third-order valence-electron chi connectivity index (χ3n) is 4.40. The van der Waals surface area contributed by atoms with E-state index in [-0.39, 0.29) is 39.4 Å². The molecule has 0 bridgehead atoms. The number of anilines is 2. The number of hydrogen-bond acceptors (Lipinski definition) is 7. The standard InChI is InChI=1S/C20H14N2O5/c21-10-6-7-11(23)15-14(10)19(25)16-12(24)8-13(18(22)17(16)20(15)26)27-9-4-2-1-3-5-9/h1-8,23-24H,21-22H2. The average molecular weight is 362 g/mol. The largest absolute Gasteiger partial charge is 0.507 e. The molecule has 0 unspecified atom stereocenters. The fourth-order valence-corrected chi connectivity index (χ4v) is 3.16. The number of fused-ring (bicyclic) bond motifs is 2. The van der Waals surface area contributed by atoms with Gasteiger partial charge in [0.1, 0.15) is 17.2 Å². The van der Waals surface area contributed by atoms with Gasteiger partial charge in [0.15, 0.2) is 5.75 Å². The summed E-state index contributed by atoms with van der Waals surface area (Å²) in [5.41, 5.74) is 10.9. The number of ketones is 2. The molecular weight excluding hydrogens is 348 g/mol. The molecule has 7 nitrogen and oxygen atoms in total. The molecule has 0 saturated heterocycles. The Kier molecular flexibility index (Phi) is 3.52. The Morgan fingerprint density at radius 1 is 0.741 bits per heavy atom. The smallest absolute Gasteiger partial charge is 0.200 e. The normalized spacial score (nSPS) is 12.4. The molecule has 0 heterocycles. The summed E-state index contributed by atoms with van der Waals surface area (Å²) < 4.78 is 5.65. The first-order valence-electron chi connectivity index (χ1n) is 7.99. The zero-order chi connectivity index (χ0) is 19.3. The number of para-hydroxylation sites is 1. The number of nitrogen functional groups attached to an aromatic ring is 2. The molecule has 3 aromatic carbocycles. The minimum absolute atomic E-state index is 0.0189. The number of aromatic hydroxyl groups is 2. The Morgan fingerprint density at radius 2 is 1.37 bits per heavy atom. The van der Waals surface area contributed by atoms with E-state index in [1.165, 1.54) is 18.2 Å². The number of hydrogen-bond donors (Lipinski definition) is 4. The van der Waals surface area contributed by atoms with Crippen LogP contribution in [0, 0.1) is 0 Å². The van der Waals surface area contributed by atoms with Gasteiger partial charge in [0, 0.05) is 11.8 Å². The lowest BCUT2D eigenvalue weighted by Crippen LogP contribution is -2.24. The van der Waals surface area contributed by atoms with E-state index in [1.807, 2.05) is 0 Å². The molecule has 6 N–H and O–H groups in total. The van der Waals surface area contributed by atoms with Crippen molar-refractivity contribution in [3.63, 3.8) is 0 Å². The van der Waals surface area contributed by atoms with Gasteiger partial charge < -0.3 is 26.4 Å². The van der Waals surface area contributed by atoms with Crippen LogP contribution in [0.4, 0.5) is 11.4 Å². The maximum absolute atomic E-state index is 13.0. The molecule has 0 aromatic heterocycles. The van der Waals surface area contributed by atoms with E-state index in [9.17, 15) is 19.8 Å². The van der Waals surface area contributed by atoms with Gasteiger partial charge in [-0.2, -0.15) is 0 Å². The summed E-state index contributed by atoms with van der Waals surface area (Å²) in [6.07, 6.45) is 0. The molecule has 0 atom stereocenters. The monoisotopic (exact) mass is 362 g/mol. The summed E-state index contributed by atoms with van der Waals surface area (Å²) in [5.74, 6) is -1.80. The molecule has 1 aliphatic carbocycles. The van der Waals surface area contributed by atoms with Crippen LogP contribution in [-0.4, -0.2) is 21.8 Å². The van der Waals surface area contributed by atoms with Crippen molar-refractivity contribution in [3.05, 3.63) is 70.8 Å². The first kappa shape index (κ1) is 16.5. The molecule has 7 heteroatoms. The first-order valence-corrected chi connectivity index (χ1v) is 7.99. The van der Waals surface area contributed by atoms with Crippen LogP contribution in [0.15, 0.2) is 48.5 Å². The van der Waals surface area contributed by atoms with Crippen molar-refractivity contribution in [1.82, 2.24) is 0 Å². The number of rotatable bonds is 2. The number of ether oxygens (including phenoxy) is 1. The molecule has 0 saturated carbocycles. The topological polar surface area (TPSA) is 136 Å². The second kappa shape index (κ2) is 5.77. The maximum atomic E-state index is 13.0. The van der Waals surface area contributed by atoms with Gasteiger partial charge in [-0.1, -0.05) is 18.2 Å². The van der Waals surface area contributed by atoms with E-state index >= 15 is 0 Å². The first-order chi connectivity index (χ1) is 12.9. The van der Waals surface area contributed by atoms with E-state index < -0.39 is 23.1 Å². The SMILES string of the molecule is Nc1ccc(O)c2c1C(=O)c1c(O)cc(Oc3ccccc3)c(N)c1C2=O. The number of phenols is 2. The van der Waals surface area contributed by atoms with Crippen molar-refractivity contribution in [2.24, 2.45) is 0 Å². The molecule has 0 aliphatic heterocycles. The van der Waals surface area contributed by atoms with Crippen molar-refractivity contribution >= 4 is 22.9 Å². The van der Waals surface area contributed by atoms with Crippen molar-refractivity contribution in [1.29, 1.82) is 0 Å². The zero-order valence-electron chi connectivity index (χ0n) is 13.9. The maximum Gasteiger partial charge on any atom is 0.200 e. The highest BCUT2D eigenvalue weighted by atomic mass is 16.5. The lowest BCUT2D eigenvalue weighted by atomic mass is 9.81. The van der Waals surface area contributed by atoms with Crippen molar-refractivity contribution < 1.29 is 24.5 Å². The number of carbonyl (C=O) groups excluding carboxylic acids is 2. The second-order valence-electron chi connectivity index (χ2n) is 6.05. The third-order valence-corrected chi connectivity index (χ3v) is 4.40. The zero-order valence-corrected chi connectivity index (χ0v) is 13.9. The lowest BCUT2D eigenvalue weighted by Gasteiger charge is -2.23. The van der Waals surface area contributed by atoms with E-state index in [1.54, 1.807) is 30.3 Å². The van der Waals surface area contributed by atoms with Crippen molar-refractivity contribution in [3.8, 4) is 23.0 Å². The Labute approximate surface area is 153 Å². The van der Waals surface area contributed by atoms with Gasteiger partial charge >= 0.3 is 0 Å². The van der Waals surface area contributed by atoms with Gasteiger partial charge in [-0.25, -0.2) is 0 Å².